The summed E-state index contributed by atoms with van der Waals surface area (Å²) in [6.45, 7) is 4.00. The largest absolute Gasteiger partial charge is 0.351 e. The third-order valence-electron chi connectivity index (χ3n) is 4.15. The van der Waals surface area contributed by atoms with Gasteiger partial charge in [0.1, 0.15) is 11.4 Å². The Labute approximate surface area is 151 Å². The monoisotopic (exact) mass is 348 g/mol. The second-order valence-corrected chi connectivity index (χ2v) is 6.05. The zero-order chi connectivity index (χ0) is 18.5. The summed E-state index contributed by atoms with van der Waals surface area (Å²) in [4.78, 5) is 35.6. The fourth-order valence-electron chi connectivity index (χ4n) is 2.57. The summed E-state index contributed by atoms with van der Waals surface area (Å²) < 4.78 is 0. The molecular formula is C20H20N4O2. The summed E-state index contributed by atoms with van der Waals surface area (Å²) >= 11 is 0. The van der Waals surface area contributed by atoms with Crippen LogP contribution < -0.4 is 10.9 Å². The van der Waals surface area contributed by atoms with Crippen LogP contribution in [0.5, 0.6) is 0 Å². The minimum Gasteiger partial charge on any atom is -0.351 e. The molecule has 2 aromatic heterocycles. The van der Waals surface area contributed by atoms with Crippen molar-refractivity contribution >= 4 is 5.91 Å². The number of hydrogen-bond acceptors (Lipinski definition) is 4. The van der Waals surface area contributed by atoms with Crippen LogP contribution in [0.2, 0.25) is 0 Å². The van der Waals surface area contributed by atoms with E-state index < -0.39 is 5.91 Å². The summed E-state index contributed by atoms with van der Waals surface area (Å²) in [7, 11) is 0. The Morgan fingerprint density at radius 1 is 1.15 bits per heavy atom. The SMILES string of the molecule is Cc1cc(C(=O)NCCc2nccc(-c3ccccc3)n2)c(=O)[nH]c1C. The molecule has 6 heteroatoms. The van der Waals surface area contributed by atoms with Gasteiger partial charge in [-0.25, -0.2) is 9.97 Å². The Kier molecular flexibility index (Phi) is 5.22. The van der Waals surface area contributed by atoms with E-state index in [1.54, 1.807) is 19.2 Å². The molecule has 0 saturated heterocycles. The third kappa shape index (κ3) is 4.03. The van der Waals surface area contributed by atoms with Gasteiger partial charge in [0.2, 0.25) is 0 Å². The second-order valence-electron chi connectivity index (χ2n) is 6.05. The molecule has 26 heavy (non-hydrogen) atoms. The number of carbonyl (C=O) groups excluding carboxylic acids is 1. The average Bonchev–Trinajstić information content (AvgIpc) is 2.65. The summed E-state index contributed by atoms with van der Waals surface area (Å²) in [5, 5.41) is 2.76. The molecule has 0 bridgehead atoms. The van der Waals surface area contributed by atoms with Gasteiger partial charge in [-0.05, 0) is 31.5 Å². The van der Waals surface area contributed by atoms with Crippen molar-refractivity contribution < 1.29 is 4.79 Å². The standard InChI is InChI=1S/C20H20N4O2/c1-13-12-16(20(26)23-14(13)2)19(25)22-11-9-18-21-10-8-17(24-18)15-6-4-3-5-7-15/h3-8,10,12H,9,11H2,1-2H3,(H,22,25)(H,23,26). The lowest BCUT2D eigenvalue weighted by atomic mass is 10.1. The van der Waals surface area contributed by atoms with Gasteiger partial charge in [-0.1, -0.05) is 30.3 Å². The highest BCUT2D eigenvalue weighted by Gasteiger charge is 2.12. The number of nitrogens with one attached hydrogen (secondary N) is 2. The van der Waals surface area contributed by atoms with Gasteiger partial charge in [-0.2, -0.15) is 0 Å². The van der Waals surface area contributed by atoms with Crippen molar-refractivity contribution in [1.82, 2.24) is 20.3 Å². The summed E-state index contributed by atoms with van der Waals surface area (Å²) in [5.74, 6) is 0.245. The third-order valence-corrected chi connectivity index (χ3v) is 4.15. The summed E-state index contributed by atoms with van der Waals surface area (Å²) in [6.07, 6.45) is 2.19. The molecule has 2 N–H and O–H groups in total. The molecule has 1 aromatic carbocycles. The molecule has 2 heterocycles. The number of rotatable bonds is 5. The minimum atomic E-state index is -0.395. The predicted octanol–water partition coefficient (Wildman–Crippen LogP) is 2.42. The number of carbonyl (C=O) groups is 1. The van der Waals surface area contributed by atoms with Crippen LogP contribution >= 0.6 is 0 Å². The van der Waals surface area contributed by atoms with Gasteiger partial charge in [-0.3, -0.25) is 9.59 Å². The highest BCUT2D eigenvalue weighted by molar-refractivity contribution is 5.94. The molecule has 3 rings (SSSR count). The molecule has 3 aromatic rings. The van der Waals surface area contributed by atoms with Gasteiger partial charge in [-0.15, -0.1) is 0 Å². The molecule has 0 aliphatic rings. The van der Waals surface area contributed by atoms with Gasteiger partial charge >= 0.3 is 0 Å². The van der Waals surface area contributed by atoms with Gasteiger partial charge in [0.05, 0.1) is 5.69 Å². The van der Waals surface area contributed by atoms with Crippen molar-refractivity contribution in [2.24, 2.45) is 0 Å². The molecule has 1 amide bonds. The molecule has 6 nitrogen and oxygen atoms in total. The lowest BCUT2D eigenvalue weighted by Gasteiger charge is -2.07. The van der Waals surface area contributed by atoms with Crippen molar-refractivity contribution in [3.8, 4) is 11.3 Å². The smallest absolute Gasteiger partial charge is 0.261 e. The first-order valence-corrected chi connectivity index (χ1v) is 8.40. The molecule has 0 unspecified atom stereocenters. The zero-order valence-electron chi connectivity index (χ0n) is 14.7. The Bertz CT molecular complexity index is 981. The van der Waals surface area contributed by atoms with Crippen LogP contribution in [0, 0.1) is 13.8 Å². The number of aromatic amines is 1. The maximum Gasteiger partial charge on any atom is 0.261 e. The molecule has 0 spiro atoms. The van der Waals surface area contributed by atoms with Crippen LogP contribution in [-0.4, -0.2) is 27.4 Å². The summed E-state index contributed by atoms with van der Waals surface area (Å²) in [6, 6.07) is 13.3. The number of nitrogens with zero attached hydrogens (tertiary/aromatic N) is 2. The van der Waals surface area contributed by atoms with Crippen molar-refractivity contribution in [2.45, 2.75) is 20.3 Å². The van der Waals surface area contributed by atoms with E-state index >= 15 is 0 Å². The first-order valence-electron chi connectivity index (χ1n) is 8.40. The van der Waals surface area contributed by atoms with E-state index in [0.717, 1.165) is 22.5 Å². The highest BCUT2D eigenvalue weighted by Crippen LogP contribution is 2.15. The van der Waals surface area contributed by atoms with Gasteiger partial charge in [0.15, 0.2) is 0 Å². The number of benzene rings is 1. The number of aromatic nitrogens is 3. The zero-order valence-corrected chi connectivity index (χ0v) is 14.7. The number of hydrogen-bond donors (Lipinski definition) is 2. The van der Waals surface area contributed by atoms with E-state index in [-0.39, 0.29) is 11.1 Å². The van der Waals surface area contributed by atoms with Crippen LogP contribution in [0.15, 0.2) is 53.5 Å². The van der Waals surface area contributed by atoms with E-state index in [4.69, 9.17) is 0 Å². The van der Waals surface area contributed by atoms with Crippen molar-refractivity contribution in [1.29, 1.82) is 0 Å². The first-order chi connectivity index (χ1) is 12.5. The normalized spacial score (nSPS) is 10.5. The highest BCUT2D eigenvalue weighted by atomic mass is 16.2. The number of aryl methyl sites for hydroxylation is 2. The number of amides is 1. The van der Waals surface area contributed by atoms with Crippen LogP contribution in [0.1, 0.15) is 27.4 Å². The molecule has 0 atom stereocenters. The lowest BCUT2D eigenvalue weighted by molar-refractivity contribution is 0.0952. The molecule has 0 fully saturated rings. The van der Waals surface area contributed by atoms with Crippen molar-refractivity contribution in [2.75, 3.05) is 6.54 Å². The molecule has 132 valence electrons. The van der Waals surface area contributed by atoms with E-state index in [0.29, 0.717) is 18.8 Å². The second kappa shape index (κ2) is 7.74. The molecule has 0 aliphatic heterocycles. The van der Waals surface area contributed by atoms with E-state index in [1.165, 1.54) is 0 Å². The average molecular weight is 348 g/mol. The quantitative estimate of drug-likeness (QED) is 0.741. The van der Waals surface area contributed by atoms with E-state index in [9.17, 15) is 9.59 Å². The Morgan fingerprint density at radius 3 is 2.69 bits per heavy atom. The van der Waals surface area contributed by atoms with Gasteiger partial charge < -0.3 is 10.3 Å². The van der Waals surface area contributed by atoms with Gasteiger partial charge in [0.25, 0.3) is 11.5 Å². The summed E-state index contributed by atoms with van der Waals surface area (Å²) in [5.41, 5.74) is 3.22. The maximum atomic E-state index is 12.2. The van der Waals surface area contributed by atoms with E-state index in [2.05, 4.69) is 20.3 Å². The Morgan fingerprint density at radius 2 is 1.92 bits per heavy atom. The predicted molar refractivity (Wildman–Crippen MR) is 100 cm³/mol. The minimum absolute atomic E-state index is 0.118. The number of pyridine rings is 1. The molecule has 0 saturated carbocycles. The van der Waals surface area contributed by atoms with Crippen LogP contribution in [0.3, 0.4) is 0 Å². The van der Waals surface area contributed by atoms with Crippen LogP contribution in [0.25, 0.3) is 11.3 Å². The number of H-pyrrole nitrogens is 1. The fourth-order valence-corrected chi connectivity index (χ4v) is 2.57. The van der Waals surface area contributed by atoms with E-state index in [1.807, 2.05) is 43.3 Å². The molecule has 0 radical (unpaired) electrons. The Hall–Kier alpha value is -3.28. The van der Waals surface area contributed by atoms with Crippen LogP contribution in [0.4, 0.5) is 0 Å². The fraction of sp³-hybridized carbons (Fsp3) is 0.200. The van der Waals surface area contributed by atoms with Gasteiger partial charge in [0, 0.05) is 30.4 Å². The molecule has 0 aliphatic carbocycles. The molecular weight excluding hydrogens is 328 g/mol. The van der Waals surface area contributed by atoms with Crippen molar-refractivity contribution in [3.63, 3.8) is 0 Å². The first kappa shape index (κ1) is 17.5. The van der Waals surface area contributed by atoms with Crippen LogP contribution in [-0.2, 0) is 6.42 Å². The van der Waals surface area contributed by atoms with Crippen molar-refractivity contribution in [3.05, 3.63) is 81.7 Å². The lowest BCUT2D eigenvalue weighted by Crippen LogP contribution is -2.31. The topological polar surface area (TPSA) is 87.7 Å². The Balaban J connectivity index is 1.64. The maximum absolute atomic E-state index is 12.2.